The summed E-state index contributed by atoms with van der Waals surface area (Å²) in [6, 6.07) is 133. The molecule has 0 atom stereocenters. The van der Waals surface area contributed by atoms with Crippen molar-refractivity contribution in [1.82, 2.24) is 0 Å². The summed E-state index contributed by atoms with van der Waals surface area (Å²) in [5, 5.41) is 25.2. The first-order valence-electron chi connectivity index (χ1n) is 33.1. The molecule has 0 saturated carbocycles. The highest BCUT2D eigenvalue weighted by atomic mass is 14.3. The lowest BCUT2D eigenvalue weighted by Gasteiger charge is -2.21. The van der Waals surface area contributed by atoms with Gasteiger partial charge in [0.1, 0.15) is 0 Å². The average molecular weight is 1210 g/mol. The van der Waals surface area contributed by atoms with Gasteiger partial charge in [-0.1, -0.05) is 333 Å². The van der Waals surface area contributed by atoms with Crippen molar-refractivity contribution >= 4 is 108 Å². The van der Waals surface area contributed by atoms with E-state index < -0.39 is 0 Å². The smallest absolute Gasteiger partial charge is 0.0327 e. The normalized spacial score (nSPS) is 11.5. The van der Waals surface area contributed by atoms with Gasteiger partial charge >= 0.3 is 0 Å². The maximum Gasteiger partial charge on any atom is 0.0327 e. The monoisotopic (exact) mass is 1210 g/mol. The van der Waals surface area contributed by atoms with Crippen LogP contribution in [0.4, 0.5) is 0 Å². The van der Waals surface area contributed by atoms with Gasteiger partial charge in [0, 0.05) is 11.1 Å². The van der Waals surface area contributed by atoms with Crippen LogP contribution in [-0.4, -0.2) is 0 Å². The third-order valence-electron chi connectivity index (χ3n) is 19.7. The van der Waals surface area contributed by atoms with Gasteiger partial charge in [-0.25, -0.2) is 0 Å². The molecule has 0 heteroatoms. The summed E-state index contributed by atoms with van der Waals surface area (Å²) < 4.78 is 0. The highest BCUT2D eigenvalue weighted by Crippen LogP contribution is 2.51. The minimum Gasteiger partial charge on any atom is -0.0622 e. The molecule has 0 heterocycles. The predicted octanol–water partition coefficient (Wildman–Crippen LogP) is 26.3. The van der Waals surface area contributed by atoms with Gasteiger partial charge in [0.25, 0.3) is 0 Å². The minimum absolute atomic E-state index is 1.01. The zero-order chi connectivity index (χ0) is 63.5. The standard InChI is InChI=1S/2C48H30/c1-2-14-33(15-3-1)42-28-34-18-6-9-23-37(34)43-29-45-46(30-44(42)43)48(39-27-13-20-32-17-5-8-22-36(32)39)41-25-11-10-24-40(41)47(45)38-26-12-19-31-16-4-7-21-35(31)38;1-2-14-33(15-3-1)28-29-36-18-4-7-21-38(36)37-30-31-45-46(32-37)48(42-27-13-20-35-17-6-9-23-40(35)42)44-25-11-10-24-43(44)47(45)41-26-12-19-34-16-5-8-22-39(34)41/h1-30H;1-27,30-32H. The first-order chi connectivity index (χ1) is 47.7. The summed E-state index contributed by atoms with van der Waals surface area (Å²) in [5.74, 6) is 6.87. The van der Waals surface area contributed by atoms with Crippen LogP contribution in [0.2, 0.25) is 0 Å². The molecule has 19 aromatic rings. The van der Waals surface area contributed by atoms with Crippen LogP contribution in [0.3, 0.4) is 0 Å². The Morgan fingerprint density at radius 3 is 0.958 bits per heavy atom. The topological polar surface area (TPSA) is 0 Å². The van der Waals surface area contributed by atoms with E-state index in [0.717, 1.165) is 22.3 Å². The predicted molar refractivity (Wildman–Crippen MR) is 413 cm³/mol. The maximum absolute atomic E-state index is 3.48. The van der Waals surface area contributed by atoms with Crippen LogP contribution in [0.1, 0.15) is 11.1 Å². The Morgan fingerprint density at radius 1 is 0.146 bits per heavy atom. The van der Waals surface area contributed by atoms with Crippen molar-refractivity contribution in [2.45, 2.75) is 0 Å². The summed E-state index contributed by atoms with van der Waals surface area (Å²) in [4.78, 5) is 0. The molecule has 0 nitrogen and oxygen atoms in total. The van der Waals surface area contributed by atoms with Crippen molar-refractivity contribution in [2.75, 3.05) is 0 Å². The van der Waals surface area contributed by atoms with E-state index in [-0.39, 0.29) is 0 Å². The molecule has 0 bridgehead atoms. The lowest BCUT2D eigenvalue weighted by atomic mass is 9.81. The van der Waals surface area contributed by atoms with E-state index in [1.807, 2.05) is 18.2 Å². The highest BCUT2D eigenvalue weighted by molar-refractivity contribution is 6.30. The molecule has 0 saturated heterocycles. The van der Waals surface area contributed by atoms with E-state index in [9.17, 15) is 0 Å². The Labute approximate surface area is 557 Å². The lowest BCUT2D eigenvalue weighted by Crippen LogP contribution is -1.94. The molecule has 19 aromatic carbocycles. The van der Waals surface area contributed by atoms with Crippen molar-refractivity contribution in [3.05, 3.63) is 375 Å². The van der Waals surface area contributed by atoms with Crippen LogP contribution in [0.5, 0.6) is 0 Å². The Bertz CT molecular complexity index is 6360. The summed E-state index contributed by atoms with van der Waals surface area (Å²) in [6.07, 6.45) is 0. The molecule has 0 N–H and O–H groups in total. The second-order valence-electron chi connectivity index (χ2n) is 25.1. The molecule has 0 aliphatic rings. The maximum atomic E-state index is 3.48. The number of fused-ring (bicyclic) bond motifs is 11. The number of benzene rings is 19. The van der Waals surface area contributed by atoms with E-state index in [1.54, 1.807) is 0 Å². The van der Waals surface area contributed by atoms with E-state index >= 15 is 0 Å². The van der Waals surface area contributed by atoms with Gasteiger partial charge in [0.15, 0.2) is 0 Å². The van der Waals surface area contributed by atoms with E-state index in [1.165, 1.54) is 163 Å². The number of hydrogen-bond donors (Lipinski definition) is 0. The Morgan fingerprint density at radius 2 is 0.479 bits per heavy atom. The molecule has 0 aromatic heterocycles. The third kappa shape index (κ3) is 9.64. The minimum atomic E-state index is 1.01. The van der Waals surface area contributed by atoms with Crippen LogP contribution in [0.15, 0.2) is 364 Å². The molecule has 0 amide bonds. The Kier molecular flexibility index (Phi) is 13.9. The molecule has 0 radical (unpaired) electrons. The summed E-state index contributed by atoms with van der Waals surface area (Å²) >= 11 is 0. The van der Waals surface area contributed by atoms with Gasteiger partial charge in [-0.15, -0.1) is 0 Å². The molecule has 444 valence electrons. The van der Waals surface area contributed by atoms with Crippen LogP contribution >= 0.6 is 0 Å². The SMILES string of the molecule is C(#Cc1ccccc1-c1ccc2c(-c3cccc4ccccc34)c3ccccc3c(-c3cccc4ccccc34)c2c1)c1ccccc1.c1ccc(-c2cc3ccccc3c3cc4c(-c5cccc6ccccc56)c5ccccc5c(-c5cccc6ccccc56)c4cc23)cc1. The number of rotatable bonds is 6. The van der Waals surface area contributed by atoms with Crippen molar-refractivity contribution < 1.29 is 0 Å². The zero-order valence-corrected chi connectivity index (χ0v) is 52.6. The zero-order valence-electron chi connectivity index (χ0n) is 52.6. The van der Waals surface area contributed by atoms with Crippen molar-refractivity contribution in [3.63, 3.8) is 0 Å². The van der Waals surface area contributed by atoms with Gasteiger partial charge in [-0.2, -0.15) is 0 Å². The van der Waals surface area contributed by atoms with E-state index in [4.69, 9.17) is 0 Å². The molecule has 0 aliphatic carbocycles. The van der Waals surface area contributed by atoms with Gasteiger partial charge in [-0.3, -0.25) is 0 Å². The number of hydrogen-bond acceptors (Lipinski definition) is 0. The fourth-order valence-corrected chi connectivity index (χ4v) is 15.4. The molecule has 0 spiro atoms. The molecular weight excluding hydrogens is 1150 g/mol. The largest absolute Gasteiger partial charge is 0.0622 e. The van der Waals surface area contributed by atoms with Crippen molar-refractivity contribution in [2.24, 2.45) is 0 Å². The molecule has 0 unspecified atom stereocenters. The molecule has 0 fully saturated rings. The highest BCUT2D eigenvalue weighted by Gasteiger charge is 2.24. The van der Waals surface area contributed by atoms with Crippen LogP contribution < -0.4 is 0 Å². The summed E-state index contributed by atoms with van der Waals surface area (Å²) in [6.45, 7) is 0. The first kappa shape index (κ1) is 56.1. The summed E-state index contributed by atoms with van der Waals surface area (Å²) in [7, 11) is 0. The fourth-order valence-electron chi connectivity index (χ4n) is 15.4. The van der Waals surface area contributed by atoms with Gasteiger partial charge in [0.2, 0.25) is 0 Å². The lowest BCUT2D eigenvalue weighted by molar-refractivity contribution is 1.59. The Balaban J connectivity index is 0.000000140. The molecule has 0 aliphatic heterocycles. The van der Waals surface area contributed by atoms with Gasteiger partial charge in [-0.05, 0) is 217 Å². The molecule has 96 heavy (non-hydrogen) atoms. The third-order valence-corrected chi connectivity index (χ3v) is 19.7. The van der Waals surface area contributed by atoms with Crippen LogP contribution in [-0.2, 0) is 0 Å². The van der Waals surface area contributed by atoms with E-state index in [2.05, 4.69) is 358 Å². The van der Waals surface area contributed by atoms with Gasteiger partial charge in [0.05, 0.1) is 0 Å². The first-order valence-corrected chi connectivity index (χ1v) is 33.1. The quantitative estimate of drug-likeness (QED) is 0.0884. The van der Waals surface area contributed by atoms with Crippen LogP contribution in [0.25, 0.3) is 174 Å². The van der Waals surface area contributed by atoms with Crippen LogP contribution in [0, 0.1) is 11.8 Å². The van der Waals surface area contributed by atoms with E-state index in [0.29, 0.717) is 0 Å². The second kappa shape index (κ2) is 23.8. The second-order valence-corrected chi connectivity index (χ2v) is 25.1. The molecular formula is C96H60. The Hall–Kier alpha value is -12.7. The van der Waals surface area contributed by atoms with Crippen molar-refractivity contribution in [1.29, 1.82) is 0 Å². The fraction of sp³-hybridized carbons (Fsp3) is 0. The summed E-state index contributed by atoms with van der Waals surface area (Å²) in [5.41, 5.74) is 16.9. The molecule has 19 rings (SSSR count). The van der Waals surface area contributed by atoms with Crippen molar-refractivity contribution in [3.8, 4) is 78.6 Å². The average Bonchev–Trinajstić information content (AvgIpc) is 0.718. The van der Waals surface area contributed by atoms with Gasteiger partial charge < -0.3 is 0 Å².